The highest BCUT2D eigenvalue weighted by Crippen LogP contribution is 2.30. The number of likely N-dealkylation sites (tertiary alicyclic amines) is 1. The molecule has 0 saturated carbocycles. The number of hydrogen-bond acceptors (Lipinski definition) is 4. The van der Waals surface area contributed by atoms with Crippen LogP contribution in [-0.2, 0) is 0 Å². The largest absolute Gasteiger partial charge is 0.337 e. The molecule has 20 heavy (non-hydrogen) atoms. The molecule has 112 valence electrons. The molecular formula is C12H18Cl2N4OS. The van der Waals surface area contributed by atoms with Crippen molar-refractivity contribution in [2.24, 2.45) is 11.1 Å². The van der Waals surface area contributed by atoms with Crippen molar-refractivity contribution in [3.63, 3.8) is 0 Å². The molecule has 1 aliphatic rings. The predicted octanol–water partition coefficient (Wildman–Crippen LogP) is 2.05. The van der Waals surface area contributed by atoms with Gasteiger partial charge in [-0.15, -0.1) is 36.2 Å². The SMILES string of the molecule is CC1(CN)CCN(C(=O)c2csc3cncn23)C1.Cl.Cl. The van der Waals surface area contributed by atoms with Gasteiger partial charge in [0.2, 0.25) is 0 Å². The van der Waals surface area contributed by atoms with Gasteiger partial charge in [0.1, 0.15) is 16.9 Å². The van der Waals surface area contributed by atoms with E-state index >= 15 is 0 Å². The second kappa shape index (κ2) is 6.30. The molecule has 1 aliphatic heterocycles. The summed E-state index contributed by atoms with van der Waals surface area (Å²) in [6, 6.07) is 0. The van der Waals surface area contributed by atoms with Crippen molar-refractivity contribution >= 4 is 46.9 Å². The fraction of sp³-hybridized carbons (Fsp3) is 0.500. The minimum absolute atomic E-state index is 0. The third-order valence-corrected chi connectivity index (χ3v) is 4.60. The van der Waals surface area contributed by atoms with Crippen LogP contribution in [0, 0.1) is 5.41 Å². The van der Waals surface area contributed by atoms with Gasteiger partial charge in [0.05, 0.1) is 6.20 Å². The molecule has 0 aliphatic carbocycles. The summed E-state index contributed by atoms with van der Waals surface area (Å²) in [4.78, 5) is 19.4. The number of halogens is 2. The lowest BCUT2D eigenvalue weighted by Crippen LogP contribution is -2.34. The van der Waals surface area contributed by atoms with Gasteiger partial charge in [-0.1, -0.05) is 6.92 Å². The maximum absolute atomic E-state index is 12.5. The van der Waals surface area contributed by atoms with Crippen LogP contribution in [0.25, 0.3) is 4.83 Å². The molecule has 5 nitrogen and oxygen atoms in total. The maximum Gasteiger partial charge on any atom is 0.271 e. The average molecular weight is 337 g/mol. The van der Waals surface area contributed by atoms with Gasteiger partial charge in [0.15, 0.2) is 0 Å². The Bertz CT molecular complexity index is 599. The number of rotatable bonds is 2. The zero-order chi connectivity index (χ0) is 12.8. The normalized spacial score (nSPS) is 21.6. The first-order chi connectivity index (χ1) is 8.63. The lowest BCUT2D eigenvalue weighted by Gasteiger charge is -2.22. The summed E-state index contributed by atoms with van der Waals surface area (Å²) in [5.41, 5.74) is 6.54. The number of amides is 1. The topological polar surface area (TPSA) is 63.6 Å². The quantitative estimate of drug-likeness (QED) is 0.912. The third-order valence-electron chi connectivity index (χ3n) is 3.71. The van der Waals surface area contributed by atoms with Crippen LogP contribution in [-0.4, -0.2) is 39.8 Å². The highest BCUT2D eigenvalue weighted by atomic mass is 35.5. The molecular weight excluding hydrogens is 319 g/mol. The van der Waals surface area contributed by atoms with Crippen molar-refractivity contribution in [3.05, 3.63) is 23.6 Å². The van der Waals surface area contributed by atoms with Gasteiger partial charge in [0, 0.05) is 18.5 Å². The van der Waals surface area contributed by atoms with Gasteiger partial charge in [-0.3, -0.25) is 9.20 Å². The van der Waals surface area contributed by atoms with Crippen molar-refractivity contribution in [2.45, 2.75) is 13.3 Å². The van der Waals surface area contributed by atoms with Crippen molar-refractivity contribution in [2.75, 3.05) is 19.6 Å². The lowest BCUT2D eigenvalue weighted by molar-refractivity contribution is 0.0770. The fourth-order valence-electron chi connectivity index (χ4n) is 2.40. The van der Waals surface area contributed by atoms with E-state index in [1.54, 1.807) is 23.9 Å². The molecule has 1 fully saturated rings. The molecule has 8 heteroatoms. The molecule has 1 saturated heterocycles. The Morgan fingerprint density at radius 2 is 2.30 bits per heavy atom. The Kier molecular flexibility index (Phi) is 5.43. The van der Waals surface area contributed by atoms with Gasteiger partial charge in [-0.05, 0) is 18.4 Å². The predicted molar refractivity (Wildman–Crippen MR) is 85.2 cm³/mol. The summed E-state index contributed by atoms with van der Waals surface area (Å²) in [7, 11) is 0. The number of imidazole rings is 1. The van der Waals surface area contributed by atoms with E-state index in [1.165, 1.54) is 0 Å². The molecule has 0 aromatic carbocycles. The molecule has 1 unspecified atom stereocenters. The van der Waals surface area contributed by atoms with Crippen LogP contribution in [0.4, 0.5) is 0 Å². The summed E-state index contributed by atoms with van der Waals surface area (Å²) in [5.74, 6) is 0.0800. The molecule has 0 bridgehead atoms. The molecule has 3 rings (SSSR count). The van der Waals surface area contributed by atoms with Crippen molar-refractivity contribution in [1.29, 1.82) is 0 Å². The van der Waals surface area contributed by atoms with Crippen molar-refractivity contribution < 1.29 is 4.79 Å². The second-order valence-corrected chi connectivity index (χ2v) is 6.10. The molecule has 2 aromatic heterocycles. The Hall–Kier alpha value is -0.820. The average Bonchev–Trinajstić information content (AvgIpc) is 3.02. The Labute approximate surface area is 134 Å². The first-order valence-corrected chi connectivity index (χ1v) is 6.90. The van der Waals surface area contributed by atoms with Gasteiger partial charge in [-0.2, -0.15) is 0 Å². The molecule has 1 atom stereocenters. The Morgan fingerprint density at radius 1 is 1.55 bits per heavy atom. The smallest absolute Gasteiger partial charge is 0.271 e. The zero-order valence-electron chi connectivity index (χ0n) is 11.1. The molecule has 0 spiro atoms. The minimum Gasteiger partial charge on any atom is -0.337 e. The van der Waals surface area contributed by atoms with Crippen LogP contribution in [0.3, 0.4) is 0 Å². The van der Waals surface area contributed by atoms with E-state index in [2.05, 4.69) is 11.9 Å². The fourth-order valence-corrected chi connectivity index (χ4v) is 3.23. The Balaban J connectivity index is 0.000001000. The molecule has 1 amide bonds. The molecule has 3 heterocycles. The molecule has 0 radical (unpaired) electrons. The van der Waals surface area contributed by atoms with E-state index in [0.717, 1.165) is 24.3 Å². The first-order valence-electron chi connectivity index (χ1n) is 6.02. The van der Waals surface area contributed by atoms with Crippen molar-refractivity contribution in [1.82, 2.24) is 14.3 Å². The van der Waals surface area contributed by atoms with Crippen LogP contribution < -0.4 is 5.73 Å². The number of thiazole rings is 1. The van der Waals surface area contributed by atoms with E-state index in [9.17, 15) is 4.79 Å². The summed E-state index contributed by atoms with van der Waals surface area (Å²) in [5, 5.41) is 1.90. The van der Waals surface area contributed by atoms with E-state index in [4.69, 9.17) is 5.73 Å². The number of nitrogens with zero attached hydrogens (tertiary/aromatic N) is 3. The van der Waals surface area contributed by atoms with Crippen LogP contribution in [0.5, 0.6) is 0 Å². The number of hydrogen-bond donors (Lipinski definition) is 1. The summed E-state index contributed by atoms with van der Waals surface area (Å²) < 4.78 is 1.85. The first kappa shape index (κ1) is 17.2. The highest BCUT2D eigenvalue weighted by Gasteiger charge is 2.35. The van der Waals surface area contributed by atoms with E-state index in [-0.39, 0.29) is 36.1 Å². The van der Waals surface area contributed by atoms with Gasteiger partial charge in [-0.25, -0.2) is 4.98 Å². The molecule has 2 N–H and O–H groups in total. The highest BCUT2D eigenvalue weighted by molar-refractivity contribution is 7.15. The van der Waals surface area contributed by atoms with Crippen LogP contribution in [0.2, 0.25) is 0 Å². The Morgan fingerprint density at radius 3 is 2.95 bits per heavy atom. The minimum atomic E-state index is 0. The van der Waals surface area contributed by atoms with Gasteiger partial charge >= 0.3 is 0 Å². The van der Waals surface area contributed by atoms with Crippen LogP contribution in [0.1, 0.15) is 23.8 Å². The van der Waals surface area contributed by atoms with E-state index in [1.807, 2.05) is 14.7 Å². The number of carbonyl (C=O) groups excluding carboxylic acids is 1. The third kappa shape index (κ3) is 2.79. The number of fused-ring (bicyclic) bond motifs is 1. The standard InChI is InChI=1S/C12H16N4OS.2ClH/c1-12(6-13)2-3-15(7-12)11(17)9-5-18-10-4-14-8-16(9)10;;/h4-5,8H,2-3,6-7,13H2,1H3;2*1H. The van der Waals surface area contributed by atoms with E-state index in [0.29, 0.717) is 12.2 Å². The monoisotopic (exact) mass is 336 g/mol. The molecule has 2 aromatic rings. The van der Waals surface area contributed by atoms with E-state index < -0.39 is 0 Å². The van der Waals surface area contributed by atoms with Crippen LogP contribution >= 0.6 is 36.2 Å². The summed E-state index contributed by atoms with van der Waals surface area (Å²) in [6.07, 6.45) is 4.44. The lowest BCUT2D eigenvalue weighted by atomic mass is 9.90. The number of nitrogens with two attached hydrogens (primary N) is 1. The van der Waals surface area contributed by atoms with Gasteiger partial charge < -0.3 is 10.6 Å². The summed E-state index contributed by atoms with van der Waals surface area (Å²) in [6.45, 7) is 4.30. The zero-order valence-corrected chi connectivity index (χ0v) is 13.6. The number of aromatic nitrogens is 2. The van der Waals surface area contributed by atoms with Gasteiger partial charge in [0.25, 0.3) is 5.91 Å². The van der Waals surface area contributed by atoms with Crippen molar-refractivity contribution in [3.8, 4) is 0 Å². The number of carbonyl (C=O) groups is 1. The summed E-state index contributed by atoms with van der Waals surface area (Å²) >= 11 is 1.54. The second-order valence-electron chi connectivity index (χ2n) is 5.21. The maximum atomic E-state index is 12.5. The van der Waals surface area contributed by atoms with Crippen LogP contribution in [0.15, 0.2) is 17.9 Å².